The monoisotopic (exact) mass is 479 g/mol. The Bertz CT molecular complexity index is 1150. The molecule has 2 aliphatic rings. The molecule has 1 unspecified atom stereocenters. The van der Waals surface area contributed by atoms with Gasteiger partial charge in [0, 0.05) is 29.2 Å². The number of nitrogens with zero attached hydrogens (tertiary/aromatic N) is 1. The van der Waals surface area contributed by atoms with E-state index in [-0.39, 0.29) is 16.5 Å². The number of piperidine rings is 1. The van der Waals surface area contributed by atoms with Gasteiger partial charge in [-0.3, -0.25) is 9.59 Å². The zero-order chi connectivity index (χ0) is 22.9. The number of amides is 2. The van der Waals surface area contributed by atoms with Crippen LogP contribution in [-0.4, -0.2) is 50.0 Å². The first-order valence-electron chi connectivity index (χ1n) is 10.4. The fraction of sp³-hybridized carbons (Fsp3) is 0.364. The first-order chi connectivity index (χ1) is 15.2. The number of sulfone groups is 1. The lowest BCUT2D eigenvalue weighted by molar-refractivity contribution is -0.116. The van der Waals surface area contributed by atoms with Gasteiger partial charge in [0.05, 0.1) is 22.9 Å². The number of carbonyl (C=O) groups excluding carboxylic acids is 2. The van der Waals surface area contributed by atoms with Crippen molar-refractivity contribution in [2.24, 2.45) is 0 Å². The first-order valence-corrected chi connectivity index (χ1v) is 12.6. The van der Waals surface area contributed by atoms with Crippen LogP contribution in [0.15, 0.2) is 36.4 Å². The maximum absolute atomic E-state index is 14.0. The van der Waals surface area contributed by atoms with Crippen molar-refractivity contribution in [1.82, 2.24) is 4.90 Å². The Morgan fingerprint density at radius 1 is 1.12 bits per heavy atom. The lowest BCUT2D eigenvalue weighted by Crippen LogP contribution is -2.44. The van der Waals surface area contributed by atoms with Gasteiger partial charge in [0.2, 0.25) is 5.91 Å². The Labute approximate surface area is 190 Å². The van der Waals surface area contributed by atoms with E-state index in [1.54, 1.807) is 23.1 Å². The molecule has 7 nitrogen and oxygen atoms in total. The van der Waals surface area contributed by atoms with Crippen molar-refractivity contribution in [3.8, 4) is 0 Å². The molecule has 32 heavy (non-hydrogen) atoms. The number of carbonyl (C=O) groups is 2. The topological polar surface area (TPSA) is 95.6 Å². The maximum Gasteiger partial charge on any atom is 0.253 e. The summed E-state index contributed by atoms with van der Waals surface area (Å²) >= 11 is 5.94. The SMILES string of the molecule is O=C1Nc2cc(C(=O)N3CCCCC3)ccc2NC1CS(=O)(=O)Cc1c(F)cccc1Cl. The predicted molar refractivity (Wildman–Crippen MR) is 121 cm³/mol. The highest BCUT2D eigenvalue weighted by atomic mass is 35.5. The summed E-state index contributed by atoms with van der Waals surface area (Å²) < 4.78 is 39.3. The van der Waals surface area contributed by atoms with Crippen LogP contribution in [-0.2, 0) is 20.4 Å². The van der Waals surface area contributed by atoms with Crippen molar-refractivity contribution < 1.29 is 22.4 Å². The molecule has 2 aromatic carbocycles. The van der Waals surface area contributed by atoms with Gasteiger partial charge in [-0.05, 0) is 49.6 Å². The Kier molecular flexibility index (Phi) is 6.39. The average Bonchev–Trinajstić information content (AvgIpc) is 2.76. The van der Waals surface area contributed by atoms with Crippen molar-refractivity contribution in [2.45, 2.75) is 31.1 Å². The Morgan fingerprint density at radius 2 is 1.88 bits per heavy atom. The number of benzene rings is 2. The molecule has 0 aromatic heterocycles. The Hall–Kier alpha value is -2.65. The molecule has 0 bridgehead atoms. The molecule has 0 aliphatic carbocycles. The van der Waals surface area contributed by atoms with Crippen LogP contribution in [0.25, 0.3) is 0 Å². The van der Waals surface area contributed by atoms with Gasteiger partial charge in [0.15, 0.2) is 9.84 Å². The van der Waals surface area contributed by atoms with Gasteiger partial charge in [0.25, 0.3) is 5.91 Å². The third-order valence-corrected chi connectivity index (χ3v) is 7.58. The van der Waals surface area contributed by atoms with E-state index in [1.165, 1.54) is 12.1 Å². The summed E-state index contributed by atoms with van der Waals surface area (Å²) in [6.45, 7) is 1.43. The molecule has 4 rings (SSSR count). The van der Waals surface area contributed by atoms with Crippen LogP contribution in [0.1, 0.15) is 35.2 Å². The Balaban J connectivity index is 1.48. The van der Waals surface area contributed by atoms with Gasteiger partial charge in [-0.25, -0.2) is 12.8 Å². The fourth-order valence-corrected chi connectivity index (χ4v) is 5.88. The molecule has 0 radical (unpaired) electrons. The third-order valence-electron chi connectivity index (χ3n) is 5.66. The van der Waals surface area contributed by atoms with E-state index in [2.05, 4.69) is 10.6 Å². The molecule has 2 aliphatic heterocycles. The van der Waals surface area contributed by atoms with E-state index in [0.29, 0.717) is 30.0 Å². The maximum atomic E-state index is 14.0. The zero-order valence-electron chi connectivity index (χ0n) is 17.2. The van der Waals surface area contributed by atoms with E-state index in [9.17, 15) is 22.4 Å². The van der Waals surface area contributed by atoms with Crippen LogP contribution in [0.5, 0.6) is 0 Å². The summed E-state index contributed by atoms with van der Waals surface area (Å²) in [6.07, 6.45) is 3.06. The molecule has 2 heterocycles. The van der Waals surface area contributed by atoms with Gasteiger partial charge < -0.3 is 15.5 Å². The van der Waals surface area contributed by atoms with Gasteiger partial charge >= 0.3 is 0 Å². The van der Waals surface area contributed by atoms with Crippen molar-refractivity contribution in [3.05, 3.63) is 58.4 Å². The first kappa shape index (κ1) is 22.5. The summed E-state index contributed by atoms with van der Waals surface area (Å²) in [6, 6.07) is 7.80. The standard InChI is InChI=1S/C22H23ClFN3O4S/c23-16-5-4-6-17(24)15(16)12-32(30,31)13-20-21(28)26-19-11-14(7-8-18(19)25-20)22(29)27-9-2-1-3-10-27/h4-8,11,20,25H,1-3,9-10,12-13H2,(H,26,28). The molecule has 0 spiro atoms. The van der Waals surface area contributed by atoms with E-state index in [4.69, 9.17) is 11.6 Å². The van der Waals surface area contributed by atoms with Crippen LogP contribution in [0, 0.1) is 5.82 Å². The summed E-state index contributed by atoms with van der Waals surface area (Å²) in [7, 11) is -3.86. The van der Waals surface area contributed by atoms with Crippen molar-refractivity contribution in [3.63, 3.8) is 0 Å². The molecule has 1 atom stereocenters. The van der Waals surface area contributed by atoms with Gasteiger partial charge in [-0.1, -0.05) is 17.7 Å². The number of halogens is 2. The molecule has 1 fully saturated rings. The fourth-order valence-electron chi connectivity index (χ4n) is 3.98. The van der Waals surface area contributed by atoms with Gasteiger partial charge in [-0.2, -0.15) is 0 Å². The van der Waals surface area contributed by atoms with E-state index in [0.717, 1.165) is 25.3 Å². The smallest absolute Gasteiger partial charge is 0.253 e. The second-order valence-corrected chi connectivity index (χ2v) is 10.6. The summed E-state index contributed by atoms with van der Waals surface area (Å²) in [5.74, 6) is -2.48. The molecule has 1 saturated heterocycles. The minimum absolute atomic E-state index is 0.0193. The second kappa shape index (κ2) is 9.07. The normalized spacial score (nSPS) is 18.5. The number of rotatable bonds is 5. The quantitative estimate of drug-likeness (QED) is 0.684. The second-order valence-electron chi connectivity index (χ2n) is 8.05. The molecule has 0 saturated carbocycles. The van der Waals surface area contributed by atoms with Gasteiger partial charge in [-0.15, -0.1) is 0 Å². The molecule has 10 heteroatoms. The lowest BCUT2D eigenvalue weighted by atomic mass is 10.1. The summed E-state index contributed by atoms with van der Waals surface area (Å²) in [5, 5.41) is 5.62. The molecule has 2 N–H and O–H groups in total. The number of fused-ring (bicyclic) bond motifs is 1. The van der Waals surface area contributed by atoms with Crippen molar-refractivity contribution in [2.75, 3.05) is 29.5 Å². The predicted octanol–water partition coefficient (Wildman–Crippen LogP) is 3.45. The number of nitrogens with one attached hydrogen (secondary N) is 2. The lowest BCUT2D eigenvalue weighted by Gasteiger charge is -2.29. The van der Waals surface area contributed by atoms with Crippen LogP contribution < -0.4 is 10.6 Å². The zero-order valence-corrected chi connectivity index (χ0v) is 18.8. The highest BCUT2D eigenvalue weighted by molar-refractivity contribution is 7.90. The third kappa shape index (κ3) is 4.88. The molecule has 2 amide bonds. The van der Waals surface area contributed by atoms with Crippen LogP contribution >= 0.6 is 11.6 Å². The van der Waals surface area contributed by atoms with Crippen LogP contribution in [0.4, 0.5) is 15.8 Å². The van der Waals surface area contributed by atoms with E-state index < -0.39 is 39.1 Å². The van der Waals surface area contributed by atoms with Crippen LogP contribution in [0.3, 0.4) is 0 Å². The van der Waals surface area contributed by atoms with Crippen molar-refractivity contribution in [1.29, 1.82) is 0 Å². The number of likely N-dealkylation sites (tertiary alicyclic amines) is 1. The van der Waals surface area contributed by atoms with E-state index in [1.807, 2.05) is 0 Å². The van der Waals surface area contributed by atoms with Crippen molar-refractivity contribution >= 4 is 44.6 Å². The van der Waals surface area contributed by atoms with E-state index >= 15 is 0 Å². The molecule has 2 aromatic rings. The Morgan fingerprint density at radius 3 is 2.59 bits per heavy atom. The molecule has 170 valence electrons. The van der Waals surface area contributed by atoms with Gasteiger partial charge in [0.1, 0.15) is 11.9 Å². The summed E-state index contributed by atoms with van der Waals surface area (Å²) in [4.78, 5) is 27.1. The van der Waals surface area contributed by atoms with Crippen LogP contribution in [0.2, 0.25) is 5.02 Å². The highest BCUT2D eigenvalue weighted by Crippen LogP contribution is 2.30. The number of anilines is 2. The number of hydrogen-bond donors (Lipinski definition) is 2. The summed E-state index contributed by atoms with van der Waals surface area (Å²) in [5.41, 5.74) is 1.28. The average molecular weight is 480 g/mol. The highest BCUT2D eigenvalue weighted by Gasteiger charge is 2.31. The molecular weight excluding hydrogens is 457 g/mol. The number of hydrogen-bond acceptors (Lipinski definition) is 5. The molecular formula is C22H23ClFN3O4S. The minimum atomic E-state index is -3.86. The minimum Gasteiger partial charge on any atom is -0.371 e. The largest absolute Gasteiger partial charge is 0.371 e.